The molecule has 5 nitrogen and oxygen atoms in total. The van der Waals surface area contributed by atoms with Crippen LogP contribution in [0.2, 0.25) is 0 Å². The highest BCUT2D eigenvalue weighted by molar-refractivity contribution is 14.0. The maximum absolute atomic E-state index is 13.6. The summed E-state index contributed by atoms with van der Waals surface area (Å²) in [6.45, 7) is 6.18. The van der Waals surface area contributed by atoms with Crippen molar-refractivity contribution in [1.29, 1.82) is 0 Å². The van der Waals surface area contributed by atoms with Crippen LogP contribution in [0.15, 0.2) is 41.5 Å². The van der Waals surface area contributed by atoms with Crippen molar-refractivity contribution in [3.63, 3.8) is 0 Å². The van der Waals surface area contributed by atoms with Crippen LogP contribution in [0.1, 0.15) is 36.5 Å². The second-order valence-corrected chi connectivity index (χ2v) is 7.98. The fraction of sp³-hybridized carbons (Fsp3) is 0.455. The van der Waals surface area contributed by atoms with E-state index in [9.17, 15) is 4.39 Å². The molecule has 1 saturated heterocycles. The molecule has 0 spiro atoms. The summed E-state index contributed by atoms with van der Waals surface area (Å²) in [5, 5.41) is 6.63. The van der Waals surface area contributed by atoms with E-state index in [4.69, 9.17) is 0 Å². The van der Waals surface area contributed by atoms with Gasteiger partial charge in [0.2, 0.25) is 0 Å². The number of thioether (sulfide) groups is 1. The monoisotopic (exact) mass is 543 g/mol. The number of halogens is 2. The highest BCUT2D eigenvalue weighted by atomic mass is 127. The zero-order chi connectivity index (χ0) is 20.5. The minimum Gasteiger partial charge on any atom is -0.357 e. The van der Waals surface area contributed by atoms with E-state index in [1.165, 1.54) is 18.9 Å². The molecule has 0 saturated carbocycles. The maximum atomic E-state index is 13.6. The first-order chi connectivity index (χ1) is 14.2. The van der Waals surface area contributed by atoms with E-state index in [2.05, 4.69) is 37.6 Å². The van der Waals surface area contributed by atoms with E-state index >= 15 is 0 Å². The molecule has 0 unspecified atom stereocenters. The van der Waals surface area contributed by atoms with Crippen LogP contribution in [0.5, 0.6) is 0 Å². The Morgan fingerprint density at radius 1 is 1.17 bits per heavy atom. The van der Waals surface area contributed by atoms with Crippen molar-refractivity contribution in [3.8, 4) is 0 Å². The fourth-order valence-electron chi connectivity index (χ4n) is 3.39. The van der Waals surface area contributed by atoms with Gasteiger partial charge in [0.25, 0.3) is 0 Å². The van der Waals surface area contributed by atoms with E-state index in [-0.39, 0.29) is 29.8 Å². The van der Waals surface area contributed by atoms with Gasteiger partial charge in [-0.3, -0.25) is 0 Å². The quantitative estimate of drug-likeness (QED) is 0.291. The topological polar surface area (TPSA) is 52.6 Å². The molecule has 1 fully saturated rings. The van der Waals surface area contributed by atoms with Crippen LogP contribution in [-0.4, -0.2) is 36.8 Å². The highest BCUT2D eigenvalue weighted by Crippen LogP contribution is 2.18. The van der Waals surface area contributed by atoms with Crippen molar-refractivity contribution in [2.24, 2.45) is 4.99 Å². The van der Waals surface area contributed by atoms with Crippen molar-refractivity contribution in [3.05, 3.63) is 59.0 Å². The second-order valence-electron chi connectivity index (χ2n) is 7.11. The van der Waals surface area contributed by atoms with Crippen molar-refractivity contribution in [2.75, 3.05) is 30.8 Å². The van der Waals surface area contributed by atoms with E-state index in [0.29, 0.717) is 13.1 Å². The summed E-state index contributed by atoms with van der Waals surface area (Å²) >= 11 is 1.69. The molecule has 1 aliphatic heterocycles. The van der Waals surface area contributed by atoms with Gasteiger partial charge in [-0.2, -0.15) is 11.8 Å². The number of nitrogens with one attached hydrogen (secondary N) is 2. The molecule has 164 valence electrons. The number of anilines is 1. The Balaban J connectivity index is 0.00000320. The number of aliphatic imine (C=N–C) groups is 1. The summed E-state index contributed by atoms with van der Waals surface area (Å²) in [7, 11) is 0. The molecule has 0 bridgehead atoms. The summed E-state index contributed by atoms with van der Waals surface area (Å²) in [5.41, 5.74) is 3.18. The van der Waals surface area contributed by atoms with E-state index in [1.807, 2.05) is 25.4 Å². The average molecular weight is 543 g/mol. The number of guanidine groups is 1. The van der Waals surface area contributed by atoms with E-state index in [0.717, 1.165) is 53.9 Å². The Morgan fingerprint density at radius 2 is 1.97 bits per heavy atom. The summed E-state index contributed by atoms with van der Waals surface area (Å²) in [6.07, 6.45) is 6.43. The Morgan fingerprint density at radius 3 is 2.63 bits per heavy atom. The summed E-state index contributed by atoms with van der Waals surface area (Å²) in [4.78, 5) is 11.6. The molecule has 1 aromatic carbocycles. The lowest BCUT2D eigenvalue weighted by Crippen LogP contribution is -2.37. The molecule has 3 rings (SSSR count). The van der Waals surface area contributed by atoms with Gasteiger partial charge in [0.1, 0.15) is 11.6 Å². The van der Waals surface area contributed by atoms with Gasteiger partial charge in [0.05, 0.1) is 6.54 Å². The van der Waals surface area contributed by atoms with Gasteiger partial charge in [-0.05, 0) is 60.9 Å². The van der Waals surface area contributed by atoms with Crippen molar-refractivity contribution < 1.29 is 4.39 Å². The normalized spacial score (nSPS) is 13.8. The number of aromatic nitrogens is 1. The van der Waals surface area contributed by atoms with Crippen LogP contribution >= 0.6 is 35.7 Å². The lowest BCUT2D eigenvalue weighted by atomic mass is 10.1. The fourth-order valence-corrected chi connectivity index (χ4v) is 3.97. The van der Waals surface area contributed by atoms with Crippen molar-refractivity contribution in [2.45, 2.75) is 38.6 Å². The minimum absolute atomic E-state index is 0. The molecule has 2 N–H and O–H groups in total. The molecule has 0 aliphatic carbocycles. The molecular weight excluding hydrogens is 512 g/mol. The standard InChI is InChI=1S/C22H30FN5S.HI/c1-3-24-22(27-15-18-7-8-20(23)12-19(18)16-29-2)26-14-17-6-9-21(25-13-17)28-10-4-5-11-28;/h6-9,12-13H,3-5,10-11,14-16H2,1-2H3,(H2,24,26,27);1H. The lowest BCUT2D eigenvalue weighted by molar-refractivity contribution is 0.625. The number of hydrogen-bond donors (Lipinski definition) is 2. The first-order valence-corrected chi connectivity index (χ1v) is 11.6. The third kappa shape index (κ3) is 7.30. The Kier molecular flexibility index (Phi) is 10.7. The third-order valence-electron chi connectivity index (χ3n) is 4.92. The molecule has 1 aliphatic rings. The first-order valence-electron chi connectivity index (χ1n) is 10.2. The summed E-state index contributed by atoms with van der Waals surface area (Å²) in [6, 6.07) is 9.16. The van der Waals surface area contributed by atoms with Gasteiger partial charge in [-0.1, -0.05) is 12.1 Å². The van der Waals surface area contributed by atoms with Gasteiger partial charge >= 0.3 is 0 Å². The second kappa shape index (κ2) is 13.0. The molecule has 2 aromatic rings. The van der Waals surface area contributed by atoms with Crippen LogP contribution in [-0.2, 0) is 18.8 Å². The van der Waals surface area contributed by atoms with Crippen LogP contribution in [0.25, 0.3) is 0 Å². The predicted octanol–water partition coefficient (Wildman–Crippen LogP) is 4.56. The number of benzene rings is 1. The average Bonchev–Trinajstić information content (AvgIpc) is 3.27. The third-order valence-corrected chi connectivity index (χ3v) is 5.52. The lowest BCUT2D eigenvalue weighted by Gasteiger charge is -2.16. The van der Waals surface area contributed by atoms with Gasteiger partial charge in [-0.25, -0.2) is 14.4 Å². The molecule has 0 radical (unpaired) electrons. The van der Waals surface area contributed by atoms with Crippen LogP contribution in [0.3, 0.4) is 0 Å². The molecule has 0 atom stereocenters. The van der Waals surface area contributed by atoms with Gasteiger partial charge in [0.15, 0.2) is 5.96 Å². The van der Waals surface area contributed by atoms with Crippen molar-refractivity contribution >= 4 is 47.5 Å². The zero-order valence-corrected chi connectivity index (χ0v) is 20.8. The predicted molar refractivity (Wildman–Crippen MR) is 136 cm³/mol. The van der Waals surface area contributed by atoms with Crippen LogP contribution in [0.4, 0.5) is 10.2 Å². The van der Waals surface area contributed by atoms with Gasteiger partial charge in [0, 0.05) is 38.1 Å². The molecule has 0 amide bonds. The number of nitrogens with zero attached hydrogens (tertiary/aromatic N) is 3. The van der Waals surface area contributed by atoms with E-state index < -0.39 is 0 Å². The Labute approximate surface area is 200 Å². The van der Waals surface area contributed by atoms with Gasteiger partial charge < -0.3 is 15.5 Å². The smallest absolute Gasteiger partial charge is 0.191 e. The first kappa shape index (κ1) is 24.7. The van der Waals surface area contributed by atoms with Crippen molar-refractivity contribution in [1.82, 2.24) is 15.6 Å². The molecular formula is C22H31FIN5S. The SMILES string of the molecule is CCNC(=NCc1ccc(N2CCCC2)nc1)NCc1ccc(F)cc1CSC.I. The number of rotatable bonds is 8. The molecule has 30 heavy (non-hydrogen) atoms. The maximum Gasteiger partial charge on any atom is 0.191 e. The van der Waals surface area contributed by atoms with Gasteiger partial charge in [-0.15, -0.1) is 24.0 Å². The number of pyridine rings is 1. The highest BCUT2D eigenvalue weighted by Gasteiger charge is 2.13. The zero-order valence-electron chi connectivity index (χ0n) is 17.7. The molecule has 2 heterocycles. The minimum atomic E-state index is -0.191. The molecule has 8 heteroatoms. The largest absolute Gasteiger partial charge is 0.357 e. The Bertz CT molecular complexity index is 810. The summed E-state index contributed by atoms with van der Waals surface area (Å²) < 4.78 is 13.6. The Hall–Kier alpha value is -1.55. The summed E-state index contributed by atoms with van der Waals surface area (Å²) in [5.74, 6) is 2.40. The van der Waals surface area contributed by atoms with Crippen LogP contribution in [0, 0.1) is 5.82 Å². The number of hydrogen-bond acceptors (Lipinski definition) is 4. The van der Waals surface area contributed by atoms with E-state index in [1.54, 1.807) is 17.8 Å². The molecule has 1 aromatic heterocycles. The van der Waals surface area contributed by atoms with Crippen LogP contribution < -0.4 is 15.5 Å².